The van der Waals surface area contributed by atoms with Crippen LogP contribution in [0.1, 0.15) is 21.5 Å². The van der Waals surface area contributed by atoms with Crippen LogP contribution in [-0.2, 0) is 6.54 Å². The van der Waals surface area contributed by atoms with Gasteiger partial charge < -0.3 is 5.32 Å². The lowest BCUT2D eigenvalue weighted by atomic mass is 10.1. The molecule has 5 heteroatoms. The molecule has 0 aliphatic heterocycles. The summed E-state index contributed by atoms with van der Waals surface area (Å²) in [5, 5.41) is 7.43. The summed E-state index contributed by atoms with van der Waals surface area (Å²) in [4.78, 5) is 13.0. The minimum atomic E-state index is -0.402. The van der Waals surface area contributed by atoms with Crippen molar-refractivity contribution in [3.8, 4) is 11.3 Å². The number of aromatic nitrogens is 2. The summed E-state index contributed by atoms with van der Waals surface area (Å²) in [7, 11) is 0. The molecule has 0 radical (unpaired) electrons. The molecular formula is C24H20FN3O. The number of anilines is 1. The molecule has 1 N–H and O–H groups in total. The van der Waals surface area contributed by atoms with Gasteiger partial charge >= 0.3 is 0 Å². The minimum absolute atomic E-state index is 0.328. The lowest BCUT2D eigenvalue weighted by molar-refractivity contribution is 0.102. The van der Waals surface area contributed by atoms with Gasteiger partial charge in [0.2, 0.25) is 0 Å². The van der Waals surface area contributed by atoms with Crippen LogP contribution in [-0.4, -0.2) is 15.7 Å². The Hall–Kier alpha value is -3.73. The average Bonchev–Trinajstić information content (AvgIpc) is 3.13. The summed E-state index contributed by atoms with van der Waals surface area (Å²) >= 11 is 0. The highest BCUT2D eigenvalue weighted by Crippen LogP contribution is 2.24. The normalized spacial score (nSPS) is 10.7. The van der Waals surface area contributed by atoms with E-state index in [1.807, 2.05) is 61.5 Å². The Kier molecular flexibility index (Phi) is 5.20. The monoisotopic (exact) mass is 385 g/mol. The van der Waals surface area contributed by atoms with Crippen molar-refractivity contribution in [2.45, 2.75) is 13.5 Å². The number of nitrogens with one attached hydrogen (secondary N) is 1. The molecule has 3 aromatic carbocycles. The van der Waals surface area contributed by atoms with Crippen LogP contribution >= 0.6 is 0 Å². The zero-order valence-electron chi connectivity index (χ0n) is 16.0. The molecule has 1 heterocycles. The molecule has 4 rings (SSSR count). The largest absolute Gasteiger partial charge is 0.322 e. The van der Waals surface area contributed by atoms with Gasteiger partial charge in [-0.2, -0.15) is 5.10 Å². The zero-order chi connectivity index (χ0) is 20.2. The number of carbonyl (C=O) groups is 1. The molecule has 4 aromatic rings. The van der Waals surface area contributed by atoms with E-state index in [1.165, 1.54) is 12.1 Å². The fourth-order valence-corrected chi connectivity index (χ4v) is 3.13. The highest BCUT2D eigenvalue weighted by atomic mass is 19.1. The molecule has 0 spiro atoms. The number of rotatable bonds is 5. The molecule has 0 saturated heterocycles. The predicted octanol–water partition coefficient (Wildman–Crippen LogP) is 5.30. The molecule has 0 fully saturated rings. The Labute approximate surface area is 168 Å². The molecule has 0 bridgehead atoms. The van der Waals surface area contributed by atoms with Gasteiger partial charge in [-0.25, -0.2) is 4.39 Å². The van der Waals surface area contributed by atoms with Gasteiger partial charge in [-0.05, 0) is 30.7 Å². The van der Waals surface area contributed by atoms with E-state index in [4.69, 9.17) is 0 Å². The van der Waals surface area contributed by atoms with Crippen LogP contribution in [0, 0.1) is 12.7 Å². The number of aryl methyl sites for hydroxylation is 1. The Morgan fingerprint density at radius 3 is 2.48 bits per heavy atom. The highest BCUT2D eigenvalue weighted by Gasteiger charge is 2.18. The van der Waals surface area contributed by atoms with Gasteiger partial charge in [0.25, 0.3) is 5.91 Å². The first-order chi connectivity index (χ1) is 14.1. The van der Waals surface area contributed by atoms with Crippen LogP contribution in [0.5, 0.6) is 0 Å². The van der Waals surface area contributed by atoms with E-state index in [2.05, 4.69) is 10.4 Å². The summed E-state index contributed by atoms with van der Waals surface area (Å²) in [5.74, 6) is -0.730. The third-order valence-corrected chi connectivity index (χ3v) is 4.60. The first-order valence-electron chi connectivity index (χ1n) is 9.34. The molecule has 0 saturated carbocycles. The lowest BCUT2D eigenvalue weighted by Crippen LogP contribution is -2.12. The van der Waals surface area contributed by atoms with E-state index < -0.39 is 5.82 Å². The Balaban J connectivity index is 1.69. The first kappa shape index (κ1) is 18.6. The van der Waals surface area contributed by atoms with E-state index in [1.54, 1.807) is 23.0 Å². The molecule has 4 nitrogen and oxygen atoms in total. The van der Waals surface area contributed by atoms with Gasteiger partial charge in [0.05, 0.1) is 12.1 Å². The van der Waals surface area contributed by atoms with Crippen LogP contribution in [0.25, 0.3) is 11.3 Å². The molecule has 0 unspecified atom stereocenters. The number of benzene rings is 3. The van der Waals surface area contributed by atoms with E-state index in [0.717, 1.165) is 16.7 Å². The number of carbonyl (C=O) groups excluding carboxylic acids is 1. The summed E-state index contributed by atoms with van der Waals surface area (Å²) in [6.45, 7) is 2.56. The standard InChI is InChI=1S/C24H20FN3O/c1-17-10-12-19(13-11-17)23-22(24(29)26-21-9-5-8-20(25)14-21)16-28(27-23)15-18-6-3-2-4-7-18/h2-14,16H,15H2,1H3,(H,26,29). The van der Waals surface area contributed by atoms with E-state index in [-0.39, 0.29) is 5.91 Å². The molecule has 144 valence electrons. The maximum atomic E-state index is 13.5. The number of nitrogens with zero attached hydrogens (tertiary/aromatic N) is 2. The van der Waals surface area contributed by atoms with Crippen molar-refractivity contribution in [2.75, 3.05) is 5.32 Å². The smallest absolute Gasteiger partial charge is 0.259 e. The van der Waals surface area contributed by atoms with Crippen molar-refractivity contribution in [1.82, 2.24) is 9.78 Å². The number of hydrogen-bond donors (Lipinski definition) is 1. The van der Waals surface area contributed by atoms with Gasteiger partial charge in [-0.15, -0.1) is 0 Å². The van der Waals surface area contributed by atoms with Crippen LogP contribution in [0.2, 0.25) is 0 Å². The average molecular weight is 385 g/mol. The second-order valence-corrected chi connectivity index (χ2v) is 6.91. The molecule has 0 aliphatic rings. The van der Waals surface area contributed by atoms with Gasteiger partial charge in [0.1, 0.15) is 11.5 Å². The summed E-state index contributed by atoms with van der Waals surface area (Å²) in [5.41, 5.74) is 4.50. The van der Waals surface area contributed by atoms with E-state index in [9.17, 15) is 9.18 Å². The minimum Gasteiger partial charge on any atom is -0.322 e. The first-order valence-corrected chi connectivity index (χ1v) is 9.34. The maximum Gasteiger partial charge on any atom is 0.259 e. The lowest BCUT2D eigenvalue weighted by Gasteiger charge is -2.06. The number of amides is 1. The predicted molar refractivity (Wildman–Crippen MR) is 112 cm³/mol. The Morgan fingerprint density at radius 1 is 1.00 bits per heavy atom. The second kappa shape index (κ2) is 8.10. The third kappa shape index (κ3) is 4.41. The van der Waals surface area contributed by atoms with Crippen LogP contribution in [0.4, 0.5) is 10.1 Å². The van der Waals surface area contributed by atoms with Crippen LogP contribution < -0.4 is 5.32 Å². The van der Waals surface area contributed by atoms with Gasteiger partial charge in [0, 0.05) is 17.4 Å². The molecule has 0 atom stereocenters. The van der Waals surface area contributed by atoms with Crippen LogP contribution in [0.15, 0.2) is 85.1 Å². The fraction of sp³-hybridized carbons (Fsp3) is 0.0833. The molecule has 0 aliphatic carbocycles. The van der Waals surface area contributed by atoms with Crippen molar-refractivity contribution in [2.24, 2.45) is 0 Å². The number of halogens is 1. The summed E-state index contributed by atoms with van der Waals surface area (Å²) < 4.78 is 15.2. The molecule has 1 aromatic heterocycles. The highest BCUT2D eigenvalue weighted by molar-refractivity contribution is 6.08. The van der Waals surface area contributed by atoms with Crippen LogP contribution in [0.3, 0.4) is 0 Å². The SMILES string of the molecule is Cc1ccc(-c2nn(Cc3ccccc3)cc2C(=O)Nc2cccc(F)c2)cc1. The van der Waals surface area contributed by atoms with Crippen molar-refractivity contribution in [3.05, 3.63) is 108 Å². The topological polar surface area (TPSA) is 46.9 Å². The summed E-state index contributed by atoms with van der Waals surface area (Å²) in [6.07, 6.45) is 1.73. The van der Waals surface area contributed by atoms with E-state index in [0.29, 0.717) is 23.5 Å². The van der Waals surface area contributed by atoms with Crippen molar-refractivity contribution < 1.29 is 9.18 Å². The van der Waals surface area contributed by atoms with E-state index >= 15 is 0 Å². The van der Waals surface area contributed by atoms with Gasteiger partial charge in [0.15, 0.2) is 0 Å². The molecule has 29 heavy (non-hydrogen) atoms. The maximum absolute atomic E-state index is 13.5. The van der Waals surface area contributed by atoms with Crippen molar-refractivity contribution in [1.29, 1.82) is 0 Å². The van der Waals surface area contributed by atoms with Crippen molar-refractivity contribution in [3.63, 3.8) is 0 Å². The van der Waals surface area contributed by atoms with Gasteiger partial charge in [-0.1, -0.05) is 66.2 Å². The molecule has 1 amide bonds. The zero-order valence-corrected chi connectivity index (χ0v) is 16.0. The van der Waals surface area contributed by atoms with Gasteiger partial charge in [-0.3, -0.25) is 9.48 Å². The third-order valence-electron chi connectivity index (χ3n) is 4.60. The Bertz CT molecular complexity index is 1130. The Morgan fingerprint density at radius 2 is 1.76 bits per heavy atom. The summed E-state index contributed by atoms with van der Waals surface area (Å²) in [6, 6.07) is 23.6. The fourth-order valence-electron chi connectivity index (χ4n) is 3.13. The molecular weight excluding hydrogens is 365 g/mol. The quantitative estimate of drug-likeness (QED) is 0.507. The second-order valence-electron chi connectivity index (χ2n) is 6.91. The number of hydrogen-bond acceptors (Lipinski definition) is 2. The van der Waals surface area contributed by atoms with Crippen molar-refractivity contribution >= 4 is 11.6 Å².